The van der Waals surface area contributed by atoms with Gasteiger partial charge in [0, 0.05) is 23.4 Å². The number of halogens is 1. The third-order valence-electron chi connectivity index (χ3n) is 4.39. The predicted molar refractivity (Wildman–Crippen MR) is 92.8 cm³/mol. The lowest BCUT2D eigenvalue weighted by molar-refractivity contribution is -0.385. The monoisotopic (exact) mass is 387 g/mol. The maximum Gasteiger partial charge on any atom is 0.283 e. The van der Waals surface area contributed by atoms with Crippen LogP contribution in [0.4, 0.5) is 11.4 Å². The molecule has 2 aromatic rings. The lowest BCUT2D eigenvalue weighted by Crippen LogP contribution is -2.44. The Morgan fingerprint density at radius 1 is 1.21 bits per heavy atom. The fourth-order valence-corrected chi connectivity index (χ4v) is 3.47. The fourth-order valence-electron chi connectivity index (χ4n) is 3.08. The molecule has 24 heavy (non-hydrogen) atoms. The van der Waals surface area contributed by atoms with Crippen LogP contribution < -0.4 is 5.32 Å². The molecule has 2 aliphatic rings. The van der Waals surface area contributed by atoms with Gasteiger partial charge in [-0.25, -0.2) is 0 Å². The normalized spacial score (nSPS) is 19.6. The summed E-state index contributed by atoms with van der Waals surface area (Å²) in [5.41, 5.74) is 2.11. The van der Waals surface area contributed by atoms with E-state index in [9.17, 15) is 14.9 Å². The van der Waals surface area contributed by atoms with Gasteiger partial charge in [-0.1, -0.05) is 18.2 Å². The zero-order valence-electron chi connectivity index (χ0n) is 12.6. The van der Waals surface area contributed by atoms with E-state index < -0.39 is 11.1 Å². The number of para-hydroxylation sites is 1. The van der Waals surface area contributed by atoms with Gasteiger partial charge in [0.2, 0.25) is 0 Å². The van der Waals surface area contributed by atoms with Gasteiger partial charge < -0.3 is 10.2 Å². The topological polar surface area (TPSA) is 75.5 Å². The van der Waals surface area contributed by atoms with Crippen molar-refractivity contribution < 1.29 is 9.72 Å². The van der Waals surface area contributed by atoms with Gasteiger partial charge >= 0.3 is 0 Å². The fraction of sp³-hybridized carbons (Fsp3) is 0.235. The molecule has 1 N–H and O–H groups in total. The number of rotatable bonds is 3. The van der Waals surface area contributed by atoms with E-state index in [0.717, 1.165) is 18.5 Å². The Balaban J connectivity index is 1.80. The molecule has 1 aliphatic heterocycles. The predicted octanol–water partition coefficient (Wildman–Crippen LogP) is 4.09. The van der Waals surface area contributed by atoms with Gasteiger partial charge in [-0.15, -0.1) is 0 Å². The van der Waals surface area contributed by atoms with E-state index in [2.05, 4.69) is 21.2 Å². The lowest BCUT2D eigenvalue weighted by atomic mass is 10.0. The maximum atomic E-state index is 12.9. The van der Waals surface area contributed by atoms with Gasteiger partial charge in [-0.2, -0.15) is 0 Å². The van der Waals surface area contributed by atoms with Crippen LogP contribution in [0.2, 0.25) is 0 Å². The highest BCUT2D eigenvalue weighted by Crippen LogP contribution is 2.41. The Kier molecular flexibility index (Phi) is 3.53. The summed E-state index contributed by atoms with van der Waals surface area (Å²) in [5.74, 6) is -0.0255. The number of fused-ring (bicyclic) bond motifs is 1. The van der Waals surface area contributed by atoms with Crippen LogP contribution in [-0.2, 0) is 0 Å². The molecule has 1 saturated carbocycles. The number of nitro benzene ring substituents is 1. The highest BCUT2D eigenvalue weighted by atomic mass is 79.9. The number of anilines is 1. The highest BCUT2D eigenvalue weighted by Gasteiger charge is 2.42. The summed E-state index contributed by atoms with van der Waals surface area (Å²) in [6.07, 6.45) is 1.53. The molecule has 6 nitrogen and oxygen atoms in total. The number of hydrogen-bond donors (Lipinski definition) is 1. The van der Waals surface area contributed by atoms with Crippen LogP contribution in [0.3, 0.4) is 0 Å². The Hall–Kier alpha value is -2.41. The number of nitrogens with one attached hydrogen (secondary N) is 1. The van der Waals surface area contributed by atoms with Crippen LogP contribution in [0.1, 0.15) is 34.9 Å². The first-order valence-corrected chi connectivity index (χ1v) is 8.47. The van der Waals surface area contributed by atoms with Gasteiger partial charge in [-0.3, -0.25) is 14.9 Å². The van der Waals surface area contributed by atoms with Gasteiger partial charge in [0.25, 0.3) is 11.6 Å². The molecule has 4 rings (SSSR count). The zero-order valence-corrected chi connectivity index (χ0v) is 14.2. The maximum absolute atomic E-state index is 12.9. The molecule has 1 aliphatic carbocycles. The van der Waals surface area contributed by atoms with E-state index in [1.807, 2.05) is 29.2 Å². The number of carbonyl (C=O) groups excluding carboxylic acids is 1. The quantitative estimate of drug-likeness (QED) is 0.635. The van der Waals surface area contributed by atoms with Crippen molar-refractivity contribution in [2.45, 2.75) is 25.0 Å². The molecule has 1 fully saturated rings. The van der Waals surface area contributed by atoms with Crippen LogP contribution in [0.5, 0.6) is 0 Å². The molecular weight excluding hydrogens is 374 g/mol. The summed E-state index contributed by atoms with van der Waals surface area (Å²) >= 11 is 3.21. The number of nitro groups is 1. The minimum atomic E-state index is -0.423. The Bertz CT molecular complexity index is 851. The second-order valence-electron chi connectivity index (χ2n) is 6.00. The average molecular weight is 388 g/mol. The van der Waals surface area contributed by atoms with Gasteiger partial charge in [0.15, 0.2) is 0 Å². The summed E-state index contributed by atoms with van der Waals surface area (Å²) in [5, 5.41) is 14.6. The van der Waals surface area contributed by atoms with Gasteiger partial charge in [0.1, 0.15) is 6.17 Å². The summed E-state index contributed by atoms with van der Waals surface area (Å²) in [6, 6.07) is 12.6. The SMILES string of the molecule is O=C1c2ccccc2NC(c2ccc(Br)c([N+](=O)[O-])c2)N1C1CC1. The molecule has 1 unspecified atom stereocenters. The Morgan fingerprint density at radius 2 is 1.96 bits per heavy atom. The van der Waals surface area contributed by atoms with Gasteiger partial charge in [0.05, 0.1) is 15.0 Å². The third kappa shape index (κ3) is 2.45. The Labute approximate surface area is 146 Å². The van der Waals surface area contributed by atoms with Crippen molar-refractivity contribution in [2.75, 3.05) is 5.32 Å². The molecule has 0 aromatic heterocycles. The molecule has 0 spiro atoms. The molecule has 1 atom stereocenters. The number of nitrogens with zero attached hydrogens (tertiary/aromatic N) is 2. The van der Waals surface area contributed by atoms with Gasteiger partial charge in [-0.05, 0) is 47.0 Å². The standard InChI is InChI=1S/C17H14BrN3O3/c18-13-8-5-10(9-15(13)21(23)24)16-19-14-4-2-1-3-12(14)17(22)20(16)11-6-7-11/h1-5,8-9,11,16,19H,6-7H2. The third-order valence-corrected chi connectivity index (χ3v) is 5.06. The van der Waals surface area contributed by atoms with E-state index in [1.54, 1.807) is 12.1 Å². The smallest absolute Gasteiger partial charge is 0.283 e. The molecule has 0 radical (unpaired) electrons. The zero-order chi connectivity index (χ0) is 16.8. The van der Waals surface area contributed by atoms with Crippen LogP contribution in [-0.4, -0.2) is 21.8 Å². The summed E-state index contributed by atoms with van der Waals surface area (Å²) in [6.45, 7) is 0. The van der Waals surface area contributed by atoms with Crippen LogP contribution >= 0.6 is 15.9 Å². The van der Waals surface area contributed by atoms with E-state index in [-0.39, 0.29) is 17.6 Å². The number of amides is 1. The van der Waals surface area contributed by atoms with Crippen molar-refractivity contribution in [1.29, 1.82) is 0 Å². The largest absolute Gasteiger partial charge is 0.361 e. The highest BCUT2D eigenvalue weighted by molar-refractivity contribution is 9.10. The molecule has 0 bridgehead atoms. The first-order valence-electron chi connectivity index (χ1n) is 7.68. The van der Waals surface area contributed by atoms with Crippen molar-refractivity contribution in [2.24, 2.45) is 0 Å². The van der Waals surface area contributed by atoms with Crippen molar-refractivity contribution in [3.63, 3.8) is 0 Å². The van der Waals surface area contributed by atoms with Crippen molar-refractivity contribution in [3.05, 3.63) is 68.2 Å². The minimum Gasteiger partial charge on any atom is -0.361 e. The van der Waals surface area contributed by atoms with E-state index in [0.29, 0.717) is 15.6 Å². The van der Waals surface area contributed by atoms with Crippen LogP contribution in [0, 0.1) is 10.1 Å². The number of hydrogen-bond acceptors (Lipinski definition) is 4. The first kappa shape index (κ1) is 15.1. The van der Waals surface area contributed by atoms with Crippen molar-refractivity contribution in [3.8, 4) is 0 Å². The van der Waals surface area contributed by atoms with Crippen molar-refractivity contribution in [1.82, 2.24) is 4.90 Å². The second kappa shape index (κ2) is 5.59. The van der Waals surface area contributed by atoms with Crippen LogP contribution in [0.25, 0.3) is 0 Å². The van der Waals surface area contributed by atoms with E-state index in [4.69, 9.17) is 0 Å². The lowest BCUT2D eigenvalue weighted by Gasteiger charge is -2.38. The molecule has 1 heterocycles. The molecule has 0 saturated heterocycles. The average Bonchev–Trinajstić information content (AvgIpc) is 3.39. The second-order valence-corrected chi connectivity index (χ2v) is 6.86. The van der Waals surface area contributed by atoms with E-state index >= 15 is 0 Å². The first-order chi connectivity index (χ1) is 11.6. The van der Waals surface area contributed by atoms with Crippen LogP contribution in [0.15, 0.2) is 46.9 Å². The number of benzene rings is 2. The molecule has 1 amide bonds. The number of carbonyl (C=O) groups is 1. The summed E-state index contributed by atoms with van der Waals surface area (Å²) < 4.78 is 0.428. The van der Waals surface area contributed by atoms with Crippen molar-refractivity contribution >= 4 is 33.2 Å². The molecule has 2 aromatic carbocycles. The molecule has 7 heteroatoms. The molecule has 122 valence electrons. The summed E-state index contributed by atoms with van der Waals surface area (Å²) in [4.78, 5) is 25.5. The minimum absolute atomic E-state index is 0.00338. The molecular formula is C17H14BrN3O3. The van der Waals surface area contributed by atoms with E-state index in [1.165, 1.54) is 6.07 Å². The summed E-state index contributed by atoms with van der Waals surface area (Å²) in [7, 11) is 0. The Morgan fingerprint density at radius 3 is 2.67 bits per heavy atom.